The maximum atomic E-state index is 15.8. The van der Waals surface area contributed by atoms with Gasteiger partial charge in [-0.25, -0.2) is 0 Å². The molecule has 6 rings (SSSR count). The second kappa shape index (κ2) is 10.6. The third kappa shape index (κ3) is 4.70. The summed E-state index contributed by atoms with van der Waals surface area (Å²) in [6.45, 7) is 7.51. The van der Waals surface area contributed by atoms with Gasteiger partial charge in [0.25, 0.3) is 0 Å². The Balaban J connectivity index is 1.67. The SMILES string of the molecule is C[Si](C)(C)c1cc2c(cc1OCc1ccccc1)P(=O)(c1ccccc1)C(c1ccccc1)=C2c1ccccc1. The van der Waals surface area contributed by atoms with Gasteiger partial charge in [0.2, 0.25) is 0 Å². The monoisotopic (exact) mass is 556 g/mol. The number of rotatable bonds is 7. The van der Waals surface area contributed by atoms with Gasteiger partial charge in [0.1, 0.15) is 12.4 Å². The van der Waals surface area contributed by atoms with Crippen LogP contribution >= 0.6 is 7.14 Å². The summed E-state index contributed by atoms with van der Waals surface area (Å²) in [5, 5.41) is 3.85. The van der Waals surface area contributed by atoms with Gasteiger partial charge in [-0.15, -0.1) is 0 Å². The van der Waals surface area contributed by atoms with Gasteiger partial charge in [-0.3, -0.25) is 0 Å². The van der Waals surface area contributed by atoms with E-state index in [1.54, 1.807) is 0 Å². The van der Waals surface area contributed by atoms with Crippen LogP contribution in [0, 0.1) is 0 Å². The Morgan fingerprint density at radius 3 is 1.75 bits per heavy atom. The summed E-state index contributed by atoms with van der Waals surface area (Å²) in [6.07, 6.45) is 0. The van der Waals surface area contributed by atoms with Gasteiger partial charge in [0.15, 0.2) is 7.14 Å². The van der Waals surface area contributed by atoms with Gasteiger partial charge in [-0.1, -0.05) is 147 Å². The first-order valence-corrected chi connectivity index (χ1v) is 19.0. The molecule has 1 heterocycles. The lowest BCUT2D eigenvalue weighted by Crippen LogP contribution is -2.40. The molecular weight excluding hydrogens is 523 g/mol. The zero-order valence-corrected chi connectivity index (χ0v) is 25.1. The molecular formula is C36H33O2PSi. The average molecular weight is 557 g/mol. The van der Waals surface area contributed by atoms with Gasteiger partial charge in [0.05, 0.1) is 8.07 Å². The molecule has 0 amide bonds. The van der Waals surface area contributed by atoms with Crippen LogP contribution < -0.4 is 20.5 Å². The van der Waals surface area contributed by atoms with E-state index in [0.717, 1.165) is 49.5 Å². The summed E-state index contributed by atoms with van der Waals surface area (Å²) in [4.78, 5) is 0. The van der Waals surface area contributed by atoms with Crippen LogP contribution in [0.1, 0.15) is 22.3 Å². The first-order chi connectivity index (χ1) is 19.4. The van der Waals surface area contributed by atoms with Crippen molar-refractivity contribution in [1.82, 2.24) is 0 Å². The van der Waals surface area contributed by atoms with Gasteiger partial charge >= 0.3 is 0 Å². The maximum Gasteiger partial charge on any atom is 0.172 e. The van der Waals surface area contributed by atoms with E-state index in [4.69, 9.17) is 4.74 Å². The molecule has 5 aromatic rings. The van der Waals surface area contributed by atoms with Gasteiger partial charge in [0, 0.05) is 21.5 Å². The fourth-order valence-corrected chi connectivity index (χ4v) is 10.3. The molecule has 0 N–H and O–H groups in total. The van der Waals surface area contributed by atoms with E-state index in [0.29, 0.717) is 6.61 Å². The predicted octanol–water partition coefficient (Wildman–Crippen LogP) is 8.05. The normalized spacial score (nSPS) is 16.6. The van der Waals surface area contributed by atoms with E-state index in [-0.39, 0.29) is 0 Å². The Morgan fingerprint density at radius 1 is 0.650 bits per heavy atom. The van der Waals surface area contributed by atoms with Gasteiger partial charge in [-0.05, 0) is 33.5 Å². The highest BCUT2D eigenvalue weighted by atomic mass is 31.2. The zero-order chi connectivity index (χ0) is 27.7. The summed E-state index contributed by atoms with van der Waals surface area (Å²) >= 11 is 0. The minimum Gasteiger partial charge on any atom is -0.489 e. The molecule has 40 heavy (non-hydrogen) atoms. The molecule has 5 aromatic carbocycles. The van der Waals surface area contributed by atoms with Crippen molar-refractivity contribution >= 4 is 41.9 Å². The van der Waals surface area contributed by atoms with Crippen LogP contribution in [0.2, 0.25) is 19.6 Å². The van der Waals surface area contributed by atoms with E-state index in [2.05, 4.69) is 80.3 Å². The molecule has 198 valence electrons. The smallest absolute Gasteiger partial charge is 0.172 e. The topological polar surface area (TPSA) is 26.3 Å². The van der Waals surface area contributed by atoms with Crippen LogP contribution in [0.4, 0.5) is 0 Å². The molecule has 2 nitrogen and oxygen atoms in total. The molecule has 1 atom stereocenters. The molecule has 1 unspecified atom stereocenters. The Kier molecular flexibility index (Phi) is 6.96. The molecule has 4 heteroatoms. The molecule has 0 radical (unpaired) electrons. The summed E-state index contributed by atoms with van der Waals surface area (Å²) < 4.78 is 22.4. The molecule has 0 aromatic heterocycles. The van der Waals surface area contributed by atoms with E-state index in [1.807, 2.05) is 72.8 Å². The van der Waals surface area contributed by atoms with Crippen LogP contribution in [0.15, 0.2) is 133 Å². The Hall–Kier alpha value is -3.91. The number of hydrogen-bond donors (Lipinski definition) is 0. The fraction of sp³-hybridized carbons (Fsp3) is 0.111. The summed E-state index contributed by atoms with van der Waals surface area (Å²) in [6, 6.07) is 45.3. The highest BCUT2D eigenvalue weighted by molar-refractivity contribution is 7.88. The summed E-state index contributed by atoms with van der Waals surface area (Å²) in [5.41, 5.74) is 5.30. The van der Waals surface area contributed by atoms with Crippen LogP contribution in [0.25, 0.3) is 10.9 Å². The first-order valence-electron chi connectivity index (χ1n) is 13.7. The number of hydrogen-bond acceptors (Lipinski definition) is 2. The lowest BCUT2D eigenvalue weighted by atomic mass is 9.95. The Labute approximate surface area is 238 Å². The quantitative estimate of drug-likeness (QED) is 0.150. The molecule has 0 spiro atoms. The van der Waals surface area contributed by atoms with Crippen molar-refractivity contribution in [2.75, 3.05) is 0 Å². The molecule has 0 bridgehead atoms. The predicted molar refractivity (Wildman–Crippen MR) is 172 cm³/mol. The van der Waals surface area contributed by atoms with E-state index in [1.165, 1.54) is 5.19 Å². The molecule has 1 aliphatic rings. The third-order valence-corrected chi connectivity index (χ3v) is 12.7. The van der Waals surface area contributed by atoms with Crippen LogP contribution in [0.3, 0.4) is 0 Å². The minimum absolute atomic E-state index is 0.470. The molecule has 0 aliphatic carbocycles. The van der Waals surface area contributed by atoms with Crippen LogP contribution in [0.5, 0.6) is 5.75 Å². The molecule has 0 saturated heterocycles. The standard InChI is InChI=1S/C36H33O2PSi/c1-40(2,3)34-24-31-33(25-32(34)38-26-27-16-8-4-9-17-27)39(37,30-22-14-7-15-23-30)36(29-20-12-6-13-21-29)35(31)28-18-10-5-11-19-28/h4-25H,26H2,1-3H3. The first kappa shape index (κ1) is 26.3. The van der Waals surface area contributed by atoms with Gasteiger partial charge < -0.3 is 9.30 Å². The molecule has 0 saturated carbocycles. The van der Waals surface area contributed by atoms with E-state index < -0.39 is 15.2 Å². The van der Waals surface area contributed by atoms with Crippen molar-refractivity contribution in [3.05, 3.63) is 156 Å². The summed E-state index contributed by atoms with van der Waals surface area (Å²) in [5.74, 6) is 0.847. The van der Waals surface area contributed by atoms with E-state index >= 15 is 4.57 Å². The van der Waals surface area contributed by atoms with Crippen molar-refractivity contribution in [2.24, 2.45) is 0 Å². The highest BCUT2D eigenvalue weighted by Gasteiger charge is 2.44. The average Bonchev–Trinajstić information content (AvgIpc) is 3.25. The molecule has 0 fully saturated rings. The zero-order valence-electron chi connectivity index (χ0n) is 23.2. The Morgan fingerprint density at radius 2 is 1.18 bits per heavy atom. The fourth-order valence-electron chi connectivity index (χ4n) is 5.60. The number of ether oxygens (including phenoxy) is 1. The third-order valence-electron chi connectivity index (χ3n) is 7.53. The van der Waals surface area contributed by atoms with Crippen LogP contribution in [-0.2, 0) is 11.2 Å². The van der Waals surface area contributed by atoms with Crippen molar-refractivity contribution in [2.45, 2.75) is 26.2 Å². The number of fused-ring (bicyclic) bond motifs is 1. The van der Waals surface area contributed by atoms with Crippen molar-refractivity contribution in [3.63, 3.8) is 0 Å². The van der Waals surface area contributed by atoms with E-state index in [9.17, 15) is 0 Å². The highest BCUT2D eigenvalue weighted by Crippen LogP contribution is 2.65. The van der Waals surface area contributed by atoms with Gasteiger partial charge in [-0.2, -0.15) is 0 Å². The minimum atomic E-state index is -3.25. The second-order valence-corrected chi connectivity index (χ2v) is 19.0. The lowest BCUT2D eigenvalue weighted by Gasteiger charge is -2.24. The largest absolute Gasteiger partial charge is 0.489 e. The maximum absolute atomic E-state index is 15.8. The second-order valence-electron chi connectivity index (χ2n) is 11.3. The molecule has 1 aliphatic heterocycles. The Bertz CT molecular complexity index is 1720. The lowest BCUT2D eigenvalue weighted by molar-refractivity contribution is 0.309. The van der Waals surface area contributed by atoms with Crippen molar-refractivity contribution < 1.29 is 9.30 Å². The number of benzene rings is 5. The summed E-state index contributed by atoms with van der Waals surface area (Å²) in [7, 11) is -5.10. The van der Waals surface area contributed by atoms with Crippen LogP contribution in [-0.4, -0.2) is 8.07 Å². The van der Waals surface area contributed by atoms with Crippen molar-refractivity contribution in [1.29, 1.82) is 0 Å². The van der Waals surface area contributed by atoms with Crippen molar-refractivity contribution in [3.8, 4) is 5.75 Å².